The minimum atomic E-state index is -3.51. The van der Waals surface area contributed by atoms with E-state index in [9.17, 15) is 13.2 Å². The van der Waals surface area contributed by atoms with E-state index < -0.39 is 10.0 Å². The van der Waals surface area contributed by atoms with Crippen molar-refractivity contribution in [1.29, 1.82) is 0 Å². The number of hydrogen-bond donors (Lipinski definition) is 0. The minimum absolute atomic E-state index is 0.00913. The number of amides is 1. The Morgan fingerprint density at radius 3 is 2.23 bits per heavy atom. The number of nitrogens with zero attached hydrogens (tertiary/aromatic N) is 3. The molecule has 2 aromatic rings. The smallest absolute Gasteiger partial charge is 0.243 e. The summed E-state index contributed by atoms with van der Waals surface area (Å²) < 4.78 is 27.5. The zero-order valence-corrected chi connectivity index (χ0v) is 19.0. The third-order valence-corrected chi connectivity index (χ3v) is 7.96. The lowest BCUT2D eigenvalue weighted by Gasteiger charge is -2.35. The molecule has 0 saturated carbocycles. The predicted octanol–water partition coefficient (Wildman–Crippen LogP) is 2.83. The molecule has 7 heteroatoms. The normalized spacial score (nSPS) is 16.9. The lowest BCUT2D eigenvalue weighted by Crippen LogP contribution is -2.51. The lowest BCUT2D eigenvalue weighted by atomic mass is 10.1. The summed E-state index contributed by atoms with van der Waals surface area (Å²) in [6.07, 6.45) is 0. The highest BCUT2D eigenvalue weighted by Gasteiger charge is 2.30. The van der Waals surface area contributed by atoms with E-state index in [1.54, 1.807) is 17.0 Å². The molecule has 0 spiro atoms. The van der Waals surface area contributed by atoms with E-state index in [1.165, 1.54) is 4.31 Å². The van der Waals surface area contributed by atoms with Gasteiger partial charge in [0.25, 0.3) is 0 Å². The van der Waals surface area contributed by atoms with Gasteiger partial charge in [0.15, 0.2) is 0 Å². The molecular formula is C23H31N3O3S. The molecule has 30 heavy (non-hydrogen) atoms. The van der Waals surface area contributed by atoms with Crippen molar-refractivity contribution < 1.29 is 13.2 Å². The summed E-state index contributed by atoms with van der Waals surface area (Å²) in [5.41, 5.74) is 3.14. The van der Waals surface area contributed by atoms with Gasteiger partial charge in [-0.1, -0.05) is 36.4 Å². The Hall–Kier alpha value is -2.22. The van der Waals surface area contributed by atoms with Gasteiger partial charge < -0.3 is 4.90 Å². The van der Waals surface area contributed by atoms with Gasteiger partial charge in [-0.3, -0.25) is 9.69 Å². The van der Waals surface area contributed by atoms with E-state index in [2.05, 4.69) is 0 Å². The van der Waals surface area contributed by atoms with Gasteiger partial charge in [0, 0.05) is 33.2 Å². The van der Waals surface area contributed by atoms with Crippen LogP contribution in [0.15, 0.2) is 53.4 Å². The minimum Gasteiger partial charge on any atom is -0.338 e. The molecule has 0 unspecified atom stereocenters. The van der Waals surface area contributed by atoms with E-state index in [1.807, 2.05) is 69.1 Å². The molecule has 1 amide bonds. The van der Waals surface area contributed by atoms with Gasteiger partial charge >= 0.3 is 0 Å². The molecule has 0 radical (unpaired) electrons. The zero-order chi connectivity index (χ0) is 21.9. The van der Waals surface area contributed by atoms with E-state index >= 15 is 0 Å². The maximum Gasteiger partial charge on any atom is 0.243 e. The second kappa shape index (κ2) is 9.29. The molecule has 3 rings (SSSR count). The number of hydrogen-bond acceptors (Lipinski definition) is 4. The van der Waals surface area contributed by atoms with Crippen LogP contribution in [0.1, 0.15) is 29.7 Å². The quantitative estimate of drug-likeness (QED) is 0.709. The van der Waals surface area contributed by atoms with Crippen LogP contribution in [0.2, 0.25) is 0 Å². The van der Waals surface area contributed by atoms with Gasteiger partial charge in [-0.2, -0.15) is 4.31 Å². The van der Waals surface area contributed by atoms with Crippen molar-refractivity contribution >= 4 is 15.9 Å². The molecule has 1 fully saturated rings. The van der Waals surface area contributed by atoms with Crippen LogP contribution < -0.4 is 0 Å². The fourth-order valence-electron chi connectivity index (χ4n) is 3.63. The monoisotopic (exact) mass is 429 g/mol. The Kier molecular flexibility index (Phi) is 6.95. The molecule has 0 aromatic heterocycles. The topological polar surface area (TPSA) is 60.9 Å². The molecule has 6 nitrogen and oxygen atoms in total. The van der Waals surface area contributed by atoms with E-state index in [4.69, 9.17) is 0 Å². The number of aryl methyl sites for hydroxylation is 2. The molecule has 162 valence electrons. The van der Waals surface area contributed by atoms with Crippen LogP contribution in [-0.2, 0) is 14.8 Å². The van der Waals surface area contributed by atoms with Gasteiger partial charge in [-0.15, -0.1) is 0 Å². The Labute approximate surface area is 180 Å². The van der Waals surface area contributed by atoms with Crippen molar-refractivity contribution in [2.75, 3.05) is 39.8 Å². The Balaban J connectivity index is 1.57. The second-order valence-electron chi connectivity index (χ2n) is 8.02. The molecular weight excluding hydrogens is 398 g/mol. The number of piperazine rings is 1. The molecule has 1 atom stereocenters. The zero-order valence-electron chi connectivity index (χ0n) is 18.2. The molecule has 1 aliphatic rings. The van der Waals surface area contributed by atoms with Gasteiger partial charge in [0.05, 0.1) is 17.5 Å². The van der Waals surface area contributed by atoms with Crippen LogP contribution in [0.4, 0.5) is 0 Å². The van der Waals surface area contributed by atoms with Gasteiger partial charge in [0.2, 0.25) is 15.9 Å². The van der Waals surface area contributed by atoms with E-state index in [-0.39, 0.29) is 11.9 Å². The number of carbonyl (C=O) groups is 1. The first-order valence-corrected chi connectivity index (χ1v) is 11.7. The van der Waals surface area contributed by atoms with Crippen molar-refractivity contribution in [3.8, 4) is 0 Å². The first-order valence-electron chi connectivity index (χ1n) is 10.3. The number of likely N-dealkylation sites (N-methyl/N-ethyl adjacent to an activating group) is 1. The van der Waals surface area contributed by atoms with Crippen molar-refractivity contribution in [2.24, 2.45) is 0 Å². The summed E-state index contributed by atoms with van der Waals surface area (Å²) in [7, 11) is -1.69. The third-order valence-electron chi connectivity index (χ3n) is 6.06. The third kappa shape index (κ3) is 4.91. The number of carbonyl (C=O) groups excluding carboxylic acids is 1. The second-order valence-corrected chi connectivity index (χ2v) is 9.96. The average molecular weight is 430 g/mol. The summed E-state index contributed by atoms with van der Waals surface area (Å²) in [6, 6.07) is 15.2. The maximum absolute atomic E-state index is 13.0. The van der Waals surface area contributed by atoms with Crippen molar-refractivity contribution in [2.45, 2.75) is 31.7 Å². The highest BCUT2D eigenvalue weighted by Crippen LogP contribution is 2.21. The fraction of sp³-hybridized carbons (Fsp3) is 0.435. The number of rotatable bonds is 6. The molecule has 1 aliphatic heterocycles. The Morgan fingerprint density at radius 2 is 1.63 bits per heavy atom. The van der Waals surface area contributed by atoms with E-state index in [0.29, 0.717) is 37.6 Å². The summed E-state index contributed by atoms with van der Waals surface area (Å²) >= 11 is 0. The van der Waals surface area contributed by atoms with Crippen LogP contribution in [0.25, 0.3) is 0 Å². The molecule has 0 bridgehead atoms. The van der Waals surface area contributed by atoms with Crippen LogP contribution in [0, 0.1) is 13.8 Å². The summed E-state index contributed by atoms with van der Waals surface area (Å²) in [4.78, 5) is 16.9. The summed E-state index contributed by atoms with van der Waals surface area (Å²) in [6.45, 7) is 8.07. The van der Waals surface area contributed by atoms with Crippen molar-refractivity contribution in [1.82, 2.24) is 14.1 Å². The maximum atomic E-state index is 13.0. The first kappa shape index (κ1) is 22.5. The van der Waals surface area contributed by atoms with Crippen LogP contribution in [0.5, 0.6) is 0 Å². The largest absolute Gasteiger partial charge is 0.338 e. The predicted molar refractivity (Wildman–Crippen MR) is 119 cm³/mol. The number of benzene rings is 2. The van der Waals surface area contributed by atoms with Gasteiger partial charge in [0.1, 0.15) is 0 Å². The molecule has 0 N–H and O–H groups in total. The molecule has 2 aromatic carbocycles. The van der Waals surface area contributed by atoms with E-state index in [0.717, 1.165) is 16.7 Å². The Bertz CT molecular complexity index is 984. The fourth-order valence-corrected chi connectivity index (χ4v) is 5.13. The summed E-state index contributed by atoms with van der Waals surface area (Å²) in [5.74, 6) is 0.0387. The van der Waals surface area contributed by atoms with Gasteiger partial charge in [-0.25, -0.2) is 8.42 Å². The Morgan fingerprint density at radius 1 is 1.00 bits per heavy atom. The van der Waals surface area contributed by atoms with Crippen LogP contribution >= 0.6 is 0 Å². The summed E-state index contributed by atoms with van der Waals surface area (Å²) in [5, 5.41) is 0. The molecule has 1 heterocycles. The van der Waals surface area contributed by atoms with Gasteiger partial charge in [-0.05, 0) is 49.6 Å². The lowest BCUT2D eigenvalue weighted by molar-refractivity contribution is -0.133. The molecule has 1 saturated heterocycles. The SMILES string of the molecule is Cc1ccc(S(=O)(=O)N2CCN(CC(=O)N(C)[C@H](C)c3ccccc3)CC2)cc1C. The number of sulfonamides is 1. The first-order chi connectivity index (χ1) is 14.2. The average Bonchev–Trinajstić information content (AvgIpc) is 2.75. The highest BCUT2D eigenvalue weighted by molar-refractivity contribution is 7.89. The highest BCUT2D eigenvalue weighted by atomic mass is 32.2. The van der Waals surface area contributed by atoms with Crippen LogP contribution in [0.3, 0.4) is 0 Å². The van der Waals surface area contributed by atoms with Crippen LogP contribution in [-0.4, -0.2) is 68.2 Å². The standard InChI is InChI=1S/C23H31N3O3S/c1-18-10-11-22(16-19(18)2)30(28,29)26-14-12-25(13-15-26)17-23(27)24(4)20(3)21-8-6-5-7-9-21/h5-11,16,20H,12-15,17H2,1-4H3/t20-/m1/s1. The van der Waals surface area contributed by atoms with Crippen molar-refractivity contribution in [3.05, 3.63) is 65.2 Å². The van der Waals surface area contributed by atoms with Crippen molar-refractivity contribution in [3.63, 3.8) is 0 Å². The molecule has 0 aliphatic carbocycles.